The zero-order chi connectivity index (χ0) is 13.0. The molecule has 0 amide bonds. The summed E-state index contributed by atoms with van der Waals surface area (Å²) in [7, 11) is 0. The van der Waals surface area contributed by atoms with Gasteiger partial charge in [0.2, 0.25) is 0 Å². The summed E-state index contributed by atoms with van der Waals surface area (Å²) in [4.78, 5) is 0. The molecule has 0 atom stereocenters. The molecule has 94 valence electrons. The van der Waals surface area contributed by atoms with Gasteiger partial charge in [0.25, 0.3) is 0 Å². The van der Waals surface area contributed by atoms with Gasteiger partial charge in [-0.1, -0.05) is 12.1 Å². The first kappa shape index (κ1) is 12.6. The standard InChI is InChI=1S/C14H12F3N/c15-12-3-1-10(2-4-12)8-18-9-11-7-13(16)5-6-14(11)17/h1-7,18H,8-9H2. The van der Waals surface area contributed by atoms with Crippen molar-refractivity contribution in [2.45, 2.75) is 13.1 Å². The molecule has 2 rings (SSSR count). The third kappa shape index (κ3) is 3.34. The second-order valence-electron chi connectivity index (χ2n) is 3.97. The molecule has 0 heterocycles. The van der Waals surface area contributed by atoms with Gasteiger partial charge in [-0.05, 0) is 35.9 Å². The number of benzene rings is 2. The van der Waals surface area contributed by atoms with Crippen LogP contribution in [0.3, 0.4) is 0 Å². The minimum atomic E-state index is -0.463. The predicted octanol–water partition coefficient (Wildman–Crippen LogP) is 3.39. The van der Waals surface area contributed by atoms with E-state index in [4.69, 9.17) is 0 Å². The zero-order valence-corrected chi connectivity index (χ0v) is 9.59. The Morgan fingerprint density at radius 3 is 2.17 bits per heavy atom. The van der Waals surface area contributed by atoms with Crippen LogP contribution in [-0.2, 0) is 13.1 Å². The lowest BCUT2D eigenvalue weighted by Gasteiger charge is -2.06. The molecule has 0 aliphatic rings. The van der Waals surface area contributed by atoms with Crippen molar-refractivity contribution in [1.82, 2.24) is 5.32 Å². The second kappa shape index (κ2) is 5.69. The van der Waals surface area contributed by atoms with Crippen LogP contribution in [0.2, 0.25) is 0 Å². The van der Waals surface area contributed by atoms with Gasteiger partial charge in [0, 0.05) is 18.7 Å². The number of hydrogen-bond donors (Lipinski definition) is 1. The van der Waals surface area contributed by atoms with Crippen molar-refractivity contribution in [3.05, 3.63) is 71.0 Å². The van der Waals surface area contributed by atoms with Gasteiger partial charge in [-0.2, -0.15) is 0 Å². The lowest BCUT2D eigenvalue weighted by molar-refractivity contribution is 0.568. The highest BCUT2D eigenvalue weighted by Crippen LogP contribution is 2.09. The fourth-order valence-electron chi connectivity index (χ4n) is 1.62. The van der Waals surface area contributed by atoms with E-state index < -0.39 is 11.6 Å². The van der Waals surface area contributed by atoms with Crippen LogP contribution in [-0.4, -0.2) is 0 Å². The Kier molecular flexibility index (Phi) is 3.99. The van der Waals surface area contributed by atoms with Crippen LogP contribution in [0.25, 0.3) is 0 Å². The van der Waals surface area contributed by atoms with Crippen molar-refractivity contribution in [2.24, 2.45) is 0 Å². The molecule has 2 aromatic carbocycles. The maximum atomic E-state index is 13.3. The van der Waals surface area contributed by atoms with Crippen LogP contribution in [0.15, 0.2) is 42.5 Å². The first-order valence-electron chi connectivity index (χ1n) is 5.54. The predicted molar refractivity (Wildman–Crippen MR) is 63.3 cm³/mol. The van der Waals surface area contributed by atoms with Gasteiger partial charge >= 0.3 is 0 Å². The molecule has 1 N–H and O–H groups in total. The van der Waals surface area contributed by atoms with Crippen LogP contribution in [0.4, 0.5) is 13.2 Å². The van der Waals surface area contributed by atoms with Crippen molar-refractivity contribution < 1.29 is 13.2 Å². The van der Waals surface area contributed by atoms with E-state index in [0.717, 1.165) is 23.8 Å². The average molecular weight is 251 g/mol. The molecule has 0 aliphatic heterocycles. The highest BCUT2D eigenvalue weighted by atomic mass is 19.1. The largest absolute Gasteiger partial charge is 0.309 e. The highest BCUT2D eigenvalue weighted by Gasteiger charge is 2.03. The Hall–Kier alpha value is -1.81. The summed E-state index contributed by atoms with van der Waals surface area (Å²) < 4.78 is 38.9. The van der Waals surface area contributed by atoms with Crippen LogP contribution in [0.1, 0.15) is 11.1 Å². The molecule has 0 saturated heterocycles. The number of hydrogen-bond acceptors (Lipinski definition) is 1. The summed E-state index contributed by atoms with van der Waals surface area (Å²) >= 11 is 0. The smallest absolute Gasteiger partial charge is 0.127 e. The van der Waals surface area contributed by atoms with E-state index >= 15 is 0 Å². The quantitative estimate of drug-likeness (QED) is 0.878. The molecule has 18 heavy (non-hydrogen) atoms. The van der Waals surface area contributed by atoms with Gasteiger partial charge in [-0.3, -0.25) is 0 Å². The molecule has 0 bridgehead atoms. The van der Waals surface area contributed by atoms with E-state index in [1.54, 1.807) is 12.1 Å². The fraction of sp³-hybridized carbons (Fsp3) is 0.143. The van der Waals surface area contributed by atoms with Gasteiger partial charge in [0.1, 0.15) is 17.5 Å². The first-order chi connectivity index (χ1) is 8.65. The van der Waals surface area contributed by atoms with Crippen molar-refractivity contribution in [3.63, 3.8) is 0 Å². The van der Waals surface area contributed by atoms with E-state index in [1.165, 1.54) is 12.1 Å². The minimum absolute atomic E-state index is 0.223. The second-order valence-corrected chi connectivity index (χ2v) is 3.97. The average Bonchev–Trinajstić information content (AvgIpc) is 2.36. The molecule has 0 spiro atoms. The van der Waals surface area contributed by atoms with E-state index in [1.807, 2.05) is 0 Å². The van der Waals surface area contributed by atoms with Crippen molar-refractivity contribution in [3.8, 4) is 0 Å². The molecular formula is C14H12F3N. The number of rotatable bonds is 4. The lowest BCUT2D eigenvalue weighted by atomic mass is 10.2. The van der Waals surface area contributed by atoms with E-state index in [2.05, 4.69) is 5.32 Å². The molecule has 2 aromatic rings. The minimum Gasteiger partial charge on any atom is -0.309 e. The van der Waals surface area contributed by atoms with Gasteiger partial charge in [0.15, 0.2) is 0 Å². The van der Waals surface area contributed by atoms with Crippen molar-refractivity contribution in [1.29, 1.82) is 0 Å². The van der Waals surface area contributed by atoms with Crippen LogP contribution in [0, 0.1) is 17.5 Å². The monoisotopic (exact) mass is 251 g/mol. The summed E-state index contributed by atoms with van der Waals surface area (Å²) in [6.45, 7) is 0.692. The summed E-state index contributed by atoms with van der Waals surface area (Å²) in [5.74, 6) is -1.20. The molecule has 0 fully saturated rings. The van der Waals surface area contributed by atoms with E-state index in [9.17, 15) is 13.2 Å². The normalized spacial score (nSPS) is 10.6. The fourth-order valence-corrected chi connectivity index (χ4v) is 1.62. The maximum Gasteiger partial charge on any atom is 0.127 e. The number of halogens is 3. The third-order valence-electron chi connectivity index (χ3n) is 2.57. The molecule has 1 nitrogen and oxygen atoms in total. The Labute approximate surface area is 103 Å². The third-order valence-corrected chi connectivity index (χ3v) is 2.57. The summed E-state index contributed by atoms with van der Waals surface area (Å²) in [5, 5.41) is 2.98. The van der Waals surface area contributed by atoms with E-state index in [-0.39, 0.29) is 17.9 Å². The molecular weight excluding hydrogens is 239 g/mol. The Bertz CT molecular complexity index is 523. The Morgan fingerprint density at radius 1 is 0.778 bits per heavy atom. The Morgan fingerprint density at radius 2 is 1.44 bits per heavy atom. The molecule has 4 heteroatoms. The molecule has 0 aromatic heterocycles. The molecule has 0 saturated carbocycles. The summed E-state index contributed by atoms with van der Waals surface area (Å²) in [5.41, 5.74) is 1.16. The van der Waals surface area contributed by atoms with Gasteiger partial charge in [0.05, 0.1) is 0 Å². The van der Waals surface area contributed by atoms with Gasteiger partial charge in [-0.25, -0.2) is 13.2 Å². The van der Waals surface area contributed by atoms with Gasteiger partial charge < -0.3 is 5.32 Å². The lowest BCUT2D eigenvalue weighted by Crippen LogP contribution is -2.13. The topological polar surface area (TPSA) is 12.0 Å². The summed E-state index contributed by atoms with van der Waals surface area (Å²) in [6, 6.07) is 9.35. The van der Waals surface area contributed by atoms with E-state index in [0.29, 0.717) is 6.54 Å². The molecule has 0 radical (unpaired) electrons. The van der Waals surface area contributed by atoms with Crippen LogP contribution in [0.5, 0.6) is 0 Å². The van der Waals surface area contributed by atoms with Crippen molar-refractivity contribution in [2.75, 3.05) is 0 Å². The SMILES string of the molecule is Fc1ccc(CNCc2cc(F)ccc2F)cc1. The maximum absolute atomic E-state index is 13.3. The first-order valence-corrected chi connectivity index (χ1v) is 5.54. The van der Waals surface area contributed by atoms with Crippen LogP contribution < -0.4 is 5.32 Å². The van der Waals surface area contributed by atoms with Gasteiger partial charge in [-0.15, -0.1) is 0 Å². The molecule has 0 unspecified atom stereocenters. The Balaban J connectivity index is 1.92. The summed E-state index contributed by atoms with van der Waals surface area (Å²) in [6.07, 6.45) is 0. The molecule has 0 aliphatic carbocycles. The van der Waals surface area contributed by atoms with Crippen molar-refractivity contribution >= 4 is 0 Å². The highest BCUT2D eigenvalue weighted by molar-refractivity contribution is 5.19. The number of nitrogens with one attached hydrogen (secondary N) is 1. The van der Waals surface area contributed by atoms with Crippen LogP contribution >= 0.6 is 0 Å². The zero-order valence-electron chi connectivity index (χ0n) is 9.59.